The van der Waals surface area contributed by atoms with Gasteiger partial charge in [0.05, 0.1) is 6.10 Å². The molecule has 5 heteroatoms. The summed E-state index contributed by atoms with van der Waals surface area (Å²) in [6.07, 6.45) is 3.62. The van der Waals surface area contributed by atoms with Crippen molar-refractivity contribution in [3.8, 4) is 0 Å². The van der Waals surface area contributed by atoms with Gasteiger partial charge in [-0.1, -0.05) is 42.5 Å². The van der Waals surface area contributed by atoms with Crippen LogP contribution in [0, 0.1) is 5.92 Å². The molecule has 1 atom stereocenters. The van der Waals surface area contributed by atoms with Gasteiger partial charge in [0.2, 0.25) is 4.33 Å². The molecule has 0 saturated heterocycles. The Balaban J connectivity index is 2.63. The molecule has 1 fully saturated rings. The zero-order chi connectivity index (χ0) is 13.1. The Morgan fingerprint density at radius 2 is 1.82 bits per heavy atom. The van der Waals surface area contributed by atoms with Gasteiger partial charge in [-0.2, -0.15) is 0 Å². The lowest BCUT2D eigenvalue weighted by Gasteiger charge is -2.33. The van der Waals surface area contributed by atoms with Gasteiger partial charge >= 0.3 is 5.97 Å². The first kappa shape index (κ1) is 15.1. The smallest absolute Gasteiger partial charge is 0.345 e. The second-order valence-corrected chi connectivity index (χ2v) is 6.31. The summed E-state index contributed by atoms with van der Waals surface area (Å²) in [5.41, 5.74) is 0. The van der Waals surface area contributed by atoms with E-state index in [0.717, 1.165) is 32.1 Å². The van der Waals surface area contributed by atoms with Gasteiger partial charge in [-0.05, 0) is 32.6 Å². The summed E-state index contributed by atoms with van der Waals surface area (Å²) in [6, 6.07) is 0. The molecule has 0 spiro atoms. The van der Waals surface area contributed by atoms with Crippen molar-refractivity contribution in [3.63, 3.8) is 0 Å². The first-order valence-electron chi connectivity index (χ1n) is 6.12. The predicted molar refractivity (Wildman–Crippen MR) is 68.2 cm³/mol. The average Bonchev–Trinajstić information content (AvgIpc) is 2.28. The minimum absolute atomic E-state index is 0.0153. The van der Waals surface area contributed by atoms with E-state index in [2.05, 4.69) is 0 Å². The van der Waals surface area contributed by atoms with Gasteiger partial charge in [-0.25, -0.2) is 4.79 Å². The van der Waals surface area contributed by atoms with Crippen LogP contribution >= 0.6 is 23.2 Å². The van der Waals surface area contributed by atoms with E-state index >= 15 is 0 Å². The van der Waals surface area contributed by atoms with Crippen molar-refractivity contribution in [2.24, 2.45) is 5.92 Å². The van der Waals surface area contributed by atoms with Crippen LogP contribution in [0.25, 0.3) is 0 Å². The minimum atomic E-state index is -1.85. The van der Waals surface area contributed by atoms with Gasteiger partial charge in [0.15, 0.2) is 0 Å². The fourth-order valence-corrected chi connectivity index (χ4v) is 2.60. The molecule has 1 aliphatic rings. The van der Waals surface area contributed by atoms with Crippen LogP contribution in [-0.2, 0) is 9.53 Å². The number of ether oxygens (including phenoxy) is 1. The van der Waals surface area contributed by atoms with Gasteiger partial charge in [0, 0.05) is 0 Å². The highest BCUT2D eigenvalue weighted by Gasteiger charge is 2.47. The third kappa shape index (κ3) is 4.01. The third-order valence-corrected chi connectivity index (χ3v) is 3.84. The Hall–Kier alpha value is 0.01000. The number of alkyl halides is 2. The van der Waals surface area contributed by atoms with Gasteiger partial charge in [-0.15, -0.1) is 0 Å². The molecule has 0 amide bonds. The second-order valence-electron chi connectivity index (χ2n) is 4.92. The lowest BCUT2D eigenvalue weighted by Crippen LogP contribution is -2.46. The SMILES string of the molecule is CC(C)OC(=O)C(Cl)(Cl)C(O)C1CCCCC1. The summed E-state index contributed by atoms with van der Waals surface area (Å²) in [7, 11) is 0. The highest BCUT2D eigenvalue weighted by Crippen LogP contribution is 2.37. The van der Waals surface area contributed by atoms with Crippen molar-refractivity contribution >= 4 is 29.2 Å². The molecule has 1 unspecified atom stereocenters. The summed E-state index contributed by atoms with van der Waals surface area (Å²) >= 11 is 11.9. The Labute approximate surface area is 112 Å². The molecule has 1 aliphatic carbocycles. The second kappa shape index (κ2) is 6.26. The lowest BCUT2D eigenvalue weighted by molar-refractivity contribution is -0.151. The van der Waals surface area contributed by atoms with Crippen molar-refractivity contribution in [2.45, 2.75) is 62.5 Å². The quantitative estimate of drug-likeness (QED) is 0.637. The Bertz CT molecular complexity index is 260. The van der Waals surface area contributed by atoms with Crippen LogP contribution in [0.1, 0.15) is 46.0 Å². The monoisotopic (exact) mass is 282 g/mol. The largest absolute Gasteiger partial charge is 0.461 e. The number of carbonyl (C=O) groups is 1. The van der Waals surface area contributed by atoms with Crippen molar-refractivity contribution < 1.29 is 14.6 Å². The number of esters is 1. The Morgan fingerprint density at radius 3 is 2.29 bits per heavy atom. The van der Waals surface area contributed by atoms with Crippen molar-refractivity contribution in [1.82, 2.24) is 0 Å². The molecule has 0 aromatic carbocycles. The van der Waals surface area contributed by atoms with Crippen LogP contribution in [0.4, 0.5) is 0 Å². The zero-order valence-corrected chi connectivity index (χ0v) is 11.8. The average molecular weight is 283 g/mol. The van der Waals surface area contributed by atoms with E-state index < -0.39 is 16.4 Å². The van der Waals surface area contributed by atoms with Crippen LogP contribution in [0.5, 0.6) is 0 Å². The van der Waals surface area contributed by atoms with E-state index in [-0.39, 0.29) is 12.0 Å². The number of carbonyl (C=O) groups excluding carboxylic acids is 1. The lowest BCUT2D eigenvalue weighted by atomic mass is 9.84. The fraction of sp³-hybridized carbons (Fsp3) is 0.917. The molecule has 0 aromatic rings. The summed E-state index contributed by atoms with van der Waals surface area (Å²) < 4.78 is 3.11. The van der Waals surface area contributed by atoms with Gasteiger partial charge in [0.1, 0.15) is 6.10 Å². The molecule has 1 saturated carbocycles. The summed E-state index contributed by atoms with van der Waals surface area (Å²) in [6.45, 7) is 3.43. The maximum absolute atomic E-state index is 11.7. The van der Waals surface area contributed by atoms with Crippen molar-refractivity contribution in [2.75, 3.05) is 0 Å². The molecule has 100 valence electrons. The van der Waals surface area contributed by atoms with Crippen LogP contribution < -0.4 is 0 Å². The van der Waals surface area contributed by atoms with E-state index in [1.54, 1.807) is 13.8 Å². The Kier molecular flexibility index (Phi) is 5.55. The standard InChI is InChI=1S/C12H20Cl2O3/c1-8(2)17-11(16)12(13,14)10(15)9-6-4-3-5-7-9/h8-10,15H,3-7H2,1-2H3. The topological polar surface area (TPSA) is 46.5 Å². The molecular formula is C12H20Cl2O3. The highest BCUT2D eigenvalue weighted by atomic mass is 35.5. The number of hydrogen-bond acceptors (Lipinski definition) is 3. The van der Waals surface area contributed by atoms with Gasteiger partial charge in [0.25, 0.3) is 0 Å². The zero-order valence-electron chi connectivity index (χ0n) is 10.3. The number of rotatable bonds is 4. The van der Waals surface area contributed by atoms with E-state index in [0.29, 0.717) is 0 Å². The first-order chi connectivity index (χ1) is 7.85. The van der Waals surface area contributed by atoms with E-state index in [1.807, 2.05) is 0 Å². The van der Waals surface area contributed by atoms with E-state index in [9.17, 15) is 9.90 Å². The van der Waals surface area contributed by atoms with E-state index in [4.69, 9.17) is 27.9 Å². The maximum Gasteiger partial charge on any atom is 0.345 e. The Morgan fingerprint density at radius 1 is 1.29 bits per heavy atom. The third-order valence-electron chi connectivity index (χ3n) is 3.08. The predicted octanol–water partition coefficient (Wildman–Crippen LogP) is 3.05. The summed E-state index contributed by atoms with van der Waals surface area (Å²) in [5, 5.41) is 10.1. The van der Waals surface area contributed by atoms with E-state index in [1.165, 1.54) is 0 Å². The molecule has 0 aromatic heterocycles. The van der Waals surface area contributed by atoms with Gasteiger partial charge < -0.3 is 9.84 Å². The van der Waals surface area contributed by atoms with Crippen molar-refractivity contribution in [3.05, 3.63) is 0 Å². The molecule has 0 radical (unpaired) electrons. The molecular weight excluding hydrogens is 263 g/mol. The summed E-state index contributed by atoms with van der Waals surface area (Å²) in [5.74, 6) is -0.771. The normalized spacial score (nSPS) is 20.4. The fourth-order valence-electron chi connectivity index (χ4n) is 2.16. The summed E-state index contributed by atoms with van der Waals surface area (Å²) in [4.78, 5) is 11.7. The molecule has 0 heterocycles. The maximum atomic E-state index is 11.7. The van der Waals surface area contributed by atoms with Crippen LogP contribution in [0.15, 0.2) is 0 Å². The van der Waals surface area contributed by atoms with Crippen molar-refractivity contribution in [1.29, 1.82) is 0 Å². The van der Waals surface area contributed by atoms with Gasteiger partial charge in [-0.3, -0.25) is 0 Å². The molecule has 1 N–H and O–H groups in total. The van der Waals surface area contributed by atoms with Crippen LogP contribution in [0.2, 0.25) is 0 Å². The first-order valence-corrected chi connectivity index (χ1v) is 6.88. The molecule has 0 aliphatic heterocycles. The highest BCUT2D eigenvalue weighted by molar-refractivity contribution is 6.58. The molecule has 3 nitrogen and oxygen atoms in total. The molecule has 17 heavy (non-hydrogen) atoms. The molecule has 0 bridgehead atoms. The number of halogens is 2. The van der Waals surface area contributed by atoms with Crippen LogP contribution in [0.3, 0.4) is 0 Å². The number of aliphatic hydroxyl groups is 1. The van der Waals surface area contributed by atoms with Crippen LogP contribution in [-0.4, -0.2) is 27.6 Å². The minimum Gasteiger partial charge on any atom is -0.461 e. The number of hydrogen-bond donors (Lipinski definition) is 1. The molecule has 1 rings (SSSR count). The number of aliphatic hydroxyl groups excluding tert-OH is 1.